The van der Waals surface area contributed by atoms with Crippen molar-refractivity contribution in [3.8, 4) is 0 Å². The first-order valence-corrected chi connectivity index (χ1v) is 5.77. The van der Waals surface area contributed by atoms with Crippen molar-refractivity contribution in [2.24, 2.45) is 0 Å². The molecular weight excluding hydrogens is 261 g/mol. The van der Waals surface area contributed by atoms with E-state index in [1.54, 1.807) is 0 Å². The van der Waals surface area contributed by atoms with Crippen molar-refractivity contribution < 1.29 is 18.0 Å². The molecule has 0 spiro atoms. The molecule has 1 aromatic heterocycles. The topological polar surface area (TPSA) is 57.3 Å². The number of piperazine rings is 1. The molecule has 5 nitrogen and oxygen atoms in total. The molecule has 2 rings (SSSR count). The van der Waals surface area contributed by atoms with Gasteiger partial charge in [0, 0.05) is 32.4 Å². The third kappa shape index (κ3) is 3.34. The highest BCUT2D eigenvalue weighted by atomic mass is 19.4. The van der Waals surface area contributed by atoms with Crippen molar-refractivity contribution in [1.29, 1.82) is 0 Å². The van der Waals surface area contributed by atoms with Gasteiger partial charge in [-0.3, -0.25) is 4.79 Å². The summed E-state index contributed by atoms with van der Waals surface area (Å²) in [6.07, 6.45) is -3.42. The molecule has 104 valence electrons. The summed E-state index contributed by atoms with van der Waals surface area (Å²) in [5.74, 6) is -1.63. The third-order valence-electron chi connectivity index (χ3n) is 2.71. The fourth-order valence-corrected chi connectivity index (χ4v) is 1.82. The molecule has 0 aromatic carbocycles. The van der Waals surface area contributed by atoms with E-state index >= 15 is 0 Å². The number of amides is 1. The van der Waals surface area contributed by atoms with E-state index in [1.165, 1.54) is 18.3 Å². The molecule has 1 saturated heterocycles. The van der Waals surface area contributed by atoms with Crippen LogP contribution in [-0.2, 0) is 4.79 Å². The lowest BCUT2D eigenvalue weighted by Crippen LogP contribution is -2.44. The van der Waals surface area contributed by atoms with Crippen LogP contribution in [-0.4, -0.2) is 43.2 Å². The van der Waals surface area contributed by atoms with Crippen LogP contribution < -0.4 is 15.5 Å². The number of alkyl halides is 3. The Morgan fingerprint density at radius 1 is 1.37 bits per heavy atom. The Labute approximate surface area is 107 Å². The van der Waals surface area contributed by atoms with Gasteiger partial charge in [-0.05, 0) is 12.1 Å². The Kier molecular flexibility index (Phi) is 3.89. The predicted octanol–water partition coefficient (Wildman–Crippen LogP) is 0.992. The Balaban J connectivity index is 2.18. The van der Waals surface area contributed by atoms with Gasteiger partial charge in [0.2, 0.25) is 0 Å². The maximum absolute atomic E-state index is 12.3. The Morgan fingerprint density at radius 2 is 2.05 bits per heavy atom. The highest BCUT2D eigenvalue weighted by molar-refractivity contribution is 5.97. The monoisotopic (exact) mass is 274 g/mol. The molecule has 1 aliphatic heterocycles. The number of rotatable bonds is 2. The number of anilines is 2. The smallest absolute Gasteiger partial charge is 0.352 e. The van der Waals surface area contributed by atoms with Crippen LogP contribution in [0.15, 0.2) is 18.3 Å². The van der Waals surface area contributed by atoms with E-state index < -0.39 is 12.1 Å². The zero-order chi connectivity index (χ0) is 13.9. The van der Waals surface area contributed by atoms with Gasteiger partial charge < -0.3 is 15.5 Å². The number of carbonyl (C=O) groups excluding carboxylic acids is 1. The molecule has 0 bridgehead atoms. The maximum atomic E-state index is 12.3. The summed E-state index contributed by atoms with van der Waals surface area (Å²) >= 11 is 0. The van der Waals surface area contributed by atoms with Gasteiger partial charge in [-0.15, -0.1) is 0 Å². The average Bonchev–Trinajstić information content (AvgIpc) is 2.39. The van der Waals surface area contributed by atoms with Gasteiger partial charge in [-0.1, -0.05) is 0 Å². The lowest BCUT2D eigenvalue weighted by molar-refractivity contribution is -0.167. The highest BCUT2D eigenvalue weighted by Gasteiger charge is 2.39. The van der Waals surface area contributed by atoms with Crippen molar-refractivity contribution in [3.63, 3.8) is 0 Å². The first-order valence-electron chi connectivity index (χ1n) is 5.77. The van der Waals surface area contributed by atoms with Crippen LogP contribution in [0.25, 0.3) is 0 Å². The molecule has 8 heteroatoms. The van der Waals surface area contributed by atoms with E-state index in [1.807, 2.05) is 10.2 Å². The minimum Gasteiger partial charge on any atom is -0.352 e. The lowest BCUT2D eigenvalue weighted by atomic mass is 10.3. The van der Waals surface area contributed by atoms with Crippen molar-refractivity contribution >= 4 is 17.4 Å². The molecule has 1 fully saturated rings. The Hall–Kier alpha value is -1.83. The number of aromatic nitrogens is 1. The minimum absolute atomic E-state index is 0.0757. The number of carbonyl (C=O) groups is 1. The fourth-order valence-electron chi connectivity index (χ4n) is 1.82. The summed E-state index contributed by atoms with van der Waals surface area (Å²) in [6.45, 7) is 2.71. The summed E-state index contributed by atoms with van der Waals surface area (Å²) in [4.78, 5) is 16.9. The van der Waals surface area contributed by atoms with E-state index in [4.69, 9.17) is 0 Å². The molecule has 19 heavy (non-hydrogen) atoms. The number of halogens is 3. The SMILES string of the molecule is O=C(Nc1cccnc1N1CCNCC1)C(F)(F)F. The maximum Gasteiger partial charge on any atom is 0.471 e. The zero-order valence-corrected chi connectivity index (χ0v) is 10.00. The fraction of sp³-hybridized carbons (Fsp3) is 0.455. The summed E-state index contributed by atoms with van der Waals surface area (Å²) in [6, 6.07) is 2.89. The number of nitrogens with one attached hydrogen (secondary N) is 2. The van der Waals surface area contributed by atoms with Crippen molar-refractivity contribution in [2.45, 2.75) is 6.18 Å². The summed E-state index contributed by atoms with van der Waals surface area (Å²) in [5.41, 5.74) is 0.0757. The van der Waals surface area contributed by atoms with Crippen molar-refractivity contribution in [1.82, 2.24) is 10.3 Å². The van der Waals surface area contributed by atoms with Crippen LogP contribution in [0, 0.1) is 0 Å². The number of hydrogen-bond acceptors (Lipinski definition) is 4. The molecule has 0 atom stereocenters. The van der Waals surface area contributed by atoms with Gasteiger partial charge in [0.1, 0.15) is 0 Å². The van der Waals surface area contributed by atoms with Gasteiger partial charge in [0.25, 0.3) is 0 Å². The first kappa shape index (κ1) is 13.6. The summed E-state index contributed by atoms with van der Waals surface area (Å²) < 4.78 is 36.8. The molecule has 1 aliphatic rings. The van der Waals surface area contributed by atoms with Crippen LogP contribution >= 0.6 is 0 Å². The molecule has 0 radical (unpaired) electrons. The van der Waals surface area contributed by atoms with Crippen LogP contribution in [0.3, 0.4) is 0 Å². The van der Waals surface area contributed by atoms with E-state index in [0.29, 0.717) is 18.9 Å². The Morgan fingerprint density at radius 3 is 2.68 bits per heavy atom. The largest absolute Gasteiger partial charge is 0.471 e. The van der Waals surface area contributed by atoms with Crippen molar-refractivity contribution in [3.05, 3.63) is 18.3 Å². The lowest BCUT2D eigenvalue weighted by Gasteiger charge is -2.29. The second-order valence-corrected chi connectivity index (χ2v) is 4.06. The molecule has 0 unspecified atom stereocenters. The molecule has 2 N–H and O–H groups in total. The molecule has 1 amide bonds. The third-order valence-corrected chi connectivity index (χ3v) is 2.71. The minimum atomic E-state index is -4.91. The predicted molar refractivity (Wildman–Crippen MR) is 64.0 cm³/mol. The van der Waals surface area contributed by atoms with Crippen molar-refractivity contribution in [2.75, 3.05) is 36.4 Å². The normalized spacial score (nSPS) is 16.3. The molecule has 1 aromatic rings. The van der Waals surface area contributed by atoms with E-state index in [9.17, 15) is 18.0 Å². The van der Waals surface area contributed by atoms with Gasteiger partial charge in [0.15, 0.2) is 5.82 Å². The number of pyridine rings is 1. The van der Waals surface area contributed by atoms with Crippen LogP contribution in [0.2, 0.25) is 0 Å². The van der Waals surface area contributed by atoms with E-state index in [-0.39, 0.29) is 5.69 Å². The first-order chi connectivity index (χ1) is 8.98. The molecule has 0 saturated carbocycles. The summed E-state index contributed by atoms with van der Waals surface area (Å²) in [7, 11) is 0. The van der Waals surface area contributed by atoms with Gasteiger partial charge >= 0.3 is 12.1 Å². The van der Waals surface area contributed by atoms with Gasteiger partial charge in [0.05, 0.1) is 5.69 Å². The van der Waals surface area contributed by atoms with Crippen LogP contribution in [0.5, 0.6) is 0 Å². The highest BCUT2D eigenvalue weighted by Crippen LogP contribution is 2.25. The quantitative estimate of drug-likeness (QED) is 0.844. The number of hydrogen-bond donors (Lipinski definition) is 2. The van der Waals surface area contributed by atoms with E-state index in [2.05, 4.69) is 10.3 Å². The average molecular weight is 274 g/mol. The standard InChI is InChI=1S/C11H13F3N4O/c12-11(13,14)10(19)17-8-2-1-3-16-9(8)18-6-4-15-5-7-18/h1-3,15H,4-7H2,(H,17,19). The number of nitrogens with zero attached hydrogens (tertiary/aromatic N) is 2. The van der Waals surface area contributed by atoms with Gasteiger partial charge in [-0.25, -0.2) is 4.98 Å². The summed E-state index contributed by atoms with van der Waals surface area (Å²) in [5, 5.41) is 4.99. The second-order valence-electron chi connectivity index (χ2n) is 4.06. The van der Waals surface area contributed by atoms with E-state index in [0.717, 1.165) is 13.1 Å². The van der Waals surface area contributed by atoms with Gasteiger partial charge in [-0.2, -0.15) is 13.2 Å². The molecule has 2 heterocycles. The molecule has 0 aliphatic carbocycles. The second kappa shape index (κ2) is 5.43. The molecular formula is C11H13F3N4O. The zero-order valence-electron chi connectivity index (χ0n) is 10.00. The van der Waals surface area contributed by atoms with Crippen LogP contribution in [0.1, 0.15) is 0 Å². The Bertz CT molecular complexity index is 457. The van der Waals surface area contributed by atoms with Crippen LogP contribution in [0.4, 0.5) is 24.7 Å².